The van der Waals surface area contributed by atoms with E-state index in [0.717, 1.165) is 35.7 Å². The minimum Gasteiger partial charge on any atom is -0.337 e. The molecule has 1 aliphatic heterocycles. The van der Waals surface area contributed by atoms with Crippen LogP contribution in [0.25, 0.3) is 0 Å². The Morgan fingerprint density at radius 2 is 1.90 bits per heavy atom. The van der Waals surface area contributed by atoms with Gasteiger partial charge in [-0.3, -0.25) is 4.90 Å². The lowest BCUT2D eigenvalue weighted by atomic mass is 10.1. The van der Waals surface area contributed by atoms with E-state index in [2.05, 4.69) is 11.4 Å². The maximum Gasteiger partial charge on any atom is 0.321 e. The van der Waals surface area contributed by atoms with Crippen molar-refractivity contribution < 1.29 is 4.79 Å². The van der Waals surface area contributed by atoms with Gasteiger partial charge in [-0.05, 0) is 36.1 Å². The Morgan fingerprint density at radius 3 is 2.76 bits per heavy atom. The molecule has 0 bridgehead atoms. The molecular weight excluding hydrogens is 284 g/mol. The normalized spacial score (nSPS) is 13.1. The second-order valence-electron chi connectivity index (χ2n) is 5.10. The van der Waals surface area contributed by atoms with Crippen LogP contribution < -0.4 is 10.2 Å². The molecule has 0 aliphatic carbocycles. The number of carbonyl (C=O) groups excluding carboxylic acids is 1. The molecule has 1 N–H and O–H groups in total. The Hall–Kier alpha value is -2.00. The molecule has 0 fully saturated rings. The number of nitrogens with one attached hydrogen (secondary N) is 1. The Morgan fingerprint density at radius 1 is 1.14 bits per heavy atom. The van der Waals surface area contributed by atoms with Crippen LogP contribution in [0.5, 0.6) is 0 Å². The van der Waals surface area contributed by atoms with Gasteiger partial charge >= 0.3 is 6.03 Å². The molecule has 108 valence electrons. The van der Waals surface area contributed by atoms with E-state index in [4.69, 9.17) is 11.6 Å². The number of fused-ring (bicyclic) bond motifs is 1. The van der Waals surface area contributed by atoms with Crippen molar-refractivity contribution in [3.8, 4) is 0 Å². The number of urea groups is 1. The van der Waals surface area contributed by atoms with Crippen LogP contribution in [-0.4, -0.2) is 19.1 Å². The molecular formula is C17H17ClN2O. The molecule has 4 heteroatoms. The van der Waals surface area contributed by atoms with E-state index >= 15 is 0 Å². The lowest BCUT2D eigenvalue weighted by molar-refractivity contribution is 0.247. The van der Waals surface area contributed by atoms with Gasteiger partial charge in [-0.2, -0.15) is 0 Å². The third kappa shape index (κ3) is 3.03. The first-order chi connectivity index (χ1) is 10.3. The lowest BCUT2D eigenvalue weighted by Gasteiger charge is -2.18. The van der Waals surface area contributed by atoms with Gasteiger partial charge in [-0.25, -0.2) is 4.79 Å². The van der Waals surface area contributed by atoms with Gasteiger partial charge in [0, 0.05) is 23.8 Å². The Bertz CT molecular complexity index is 657. The van der Waals surface area contributed by atoms with Gasteiger partial charge in [0.25, 0.3) is 0 Å². The fraction of sp³-hybridized carbons (Fsp3) is 0.235. The summed E-state index contributed by atoms with van der Waals surface area (Å²) in [5.41, 5.74) is 3.31. The zero-order valence-electron chi connectivity index (χ0n) is 11.7. The van der Waals surface area contributed by atoms with E-state index in [1.165, 1.54) is 5.56 Å². The van der Waals surface area contributed by atoms with Crippen molar-refractivity contribution >= 4 is 23.3 Å². The lowest BCUT2D eigenvalue weighted by Crippen LogP contribution is -2.39. The van der Waals surface area contributed by atoms with Crippen molar-refractivity contribution in [3.63, 3.8) is 0 Å². The maximum absolute atomic E-state index is 12.3. The van der Waals surface area contributed by atoms with Crippen molar-refractivity contribution in [3.05, 3.63) is 64.7 Å². The molecule has 0 saturated carbocycles. The largest absolute Gasteiger partial charge is 0.337 e. The molecule has 0 saturated heterocycles. The van der Waals surface area contributed by atoms with Crippen molar-refractivity contribution in [2.24, 2.45) is 0 Å². The predicted octanol–water partition coefficient (Wildman–Crippen LogP) is 3.65. The summed E-state index contributed by atoms with van der Waals surface area (Å²) in [6.07, 6.45) is 1.66. The summed E-state index contributed by atoms with van der Waals surface area (Å²) >= 11 is 6.11. The van der Waals surface area contributed by atoms with Gasteiger partial charge in [0.1, 0.15) is 0 Å². The van der Waals surface area contributed by atoms with Crippen molar-refractivity contribution in [2.45, 2.75) is 12.8 Å². The van der Waals surface area contributed by atoms with Crippen LogP contribution in [0.1, 0.15) is 11.1 Å². The first-order valence-electron chi connectivity index (χ1n) is 7.12. The molecule has 0 spiro atoms. The fourth-order valence-electron chi connectivity index (χ4n) is 2.65. The summed E-state index contributed by atoms with van der Waals surface area (Å²) in [5.74, 6) is 0. The number of carbonyl (C=O) groups is 1. The summed E-state index contributed by atoms with van der Waals surface area (Å²) in [7, 11) is 0. The molecule has 3 nitrogen and oxygen atoms in total. The zero-order chi connectivity index (χ0) is 14.7. The molecule has 1 heterocycles. The molecule has 2 amide bonds. The first kappa shape index (κ1) is 14.0. The highest BCUT2D eigenvalue weighted by atomic mass is 35.5. The number of hydrogen-bond acceptors (Lipinski definition) is 1. The van der Waals surface area contributed by atoms with Crippen LogP contribution >= 0.6 is 11.6 Å². The van der Waals surface area contributed by atoms with Crippen LogP contribution in [0.4, 0.5) is 10.5 Å². The number of amides is 2. The minimum absolute atomic E-state index is 0.0352. The third-order valence-corrected chi connectivity index (χ3v) is 4.13. The van der Waals surface area contributed by atoms with Gasteiger partial charge in [-0.1, -0.05) is 48.0 Å². The topological polar surface area (TPSA) is 32.3 Å². The monoisotopic (exact) mass is 300 g/mol. The van der Waals surface area contributed by atoms with Gasteiger partial charge in [-0.15, -0.1) is 0 Å². The van der Waals surface area contributed by atoms with Crippen LogP contribution in [0.15, 0.2) is 48.5 Å². The second-order valence-corrected chi connectivity index (χ2v) is 5.51. The van der Waals surface area contributed by atoms with E-state index < -0.39 is 0 Å². The maximum atomic E-state index is 12.3. The molecule has 3 rings (SSSR count). The predicted molar refractivity (Wildman–Crippen MR) is 86.0 cm³/mol. The van der Waals surface area contributed by atoms with Crippen LogP contribution in [-0.2, 0) is 12.8 Å². The summed E-state index contributed by atoms with van der Waals surface area (Å²) in [6.45, 7) is 1.33. The van der Waals surface area contributed by atoms with Crippen molar-refractivity contribution in [2.75, 3.05) is 18.0 Å². The van der Waals surface area contributed by atoms with Gasteiger partial charge in [0.05, 0.1) is 0 Å². The average molecular weight is 301 g/mol. The average Bonchev–Trinajstić information content (AvgIpc) is 2.93. The number of hydrogen-bond donors (Lipinski definition) is 1. The summed E-state index contributed by atoms with van der Waals surface area (Å²) in [5, 5.41) is 3.72. The number of para-hydroxylation sites is 1. The number of rotatable bonds is 3. The second kappa shape index (κ2) is 6.19. The van der Waals surface area contributed by atoms with Gasteiger partial charge in [0.2, 0.25) is 0 Å². The molecule has 2 aromatic rings. The molecule has 0 aromatic heterocycles. The molecule has 21 heavy (non-hydrogen) atoms. The molecule has 1 aliphatic rings. The van der Waals surface area contributed by atoms with Crippen LogP contribution in [0, 0.1) is 0 Å². The Balaban J connectivity index is 1.57. The van der Waals surface area contributed by atoms with E-state index in [-0.39, 0.29) is 6.03 Å². The van der Waals surface area contributed by atoms with E-state index in [1.54, 1.807) is 0 Å². The Kier molecular flexibility index (Phi) is 4.11. The molecule has 0 unspecified atom stereocenters. The van der Waals surface area contributed by atoms with Crippen molar-refractivity contribution in [1.82, 2.24) is 5.32 Å². The Labute approximate surface area is 129 Å². The molecule has 2 aromatic carbocycles. The standard InChI is InChI=1S/C17H17ClN2O/c18-15-7-3-1-5-13(15)9-11-19-17(21)20-12-10-14-6-2-4-8-16(14)20/h1-8H,9-12H2,(H,19,21). The number of anilines is 1. The zero-order valence-corrected chi connectivity index (χ0v) is 12.4. The van der Waals surface area contributed by atoms with Gasteiger partial charge in [0.15, 0.2) is 0 Å². The highest BCUT2D eigenvalue weighted by Crippen LogP contribution is 2.27. The van der Waals surface area contributed by atoms with Crippen molar-refractivity contribution in [1.29, 1.82) is 0 Å². The fourth-order valence-corrected chi connectivity index (χ4v) is 2.88. The summed E-state index contributed by atoms with van der Waals surface area (Å²) < 4.78 is 0. The summed E-state index contributed by atoms with van der Waals surface area (Å²) in [4.78, 5) is 14.1. The first-order valence-corrected chi connectivity index (χ1v) is 7.50. The molecule has 0 atom stereocenters. The highest BCUT2D eigenvalue weighted by Gasteiger charge is 2.23. The third-order valence-electron chi connectivity index (χ3n) is 3.76. The number of benzene rings is 2. The minimum atomic E-state index is -0.0352. The van der Waals surface area contributed by atoms with E-state index in [9.17, 15) is 4.79 Å². The number of halogens is 1. The van der Waals surface area contributed by atoms with Crippen LogP contribution in [0.2, 0.25) is 5.02 Å². The van der Waals surface area contributed by atoms with E-state index in [0.29, 0.717) is 6.54 Å². The molecule has 0 radical (unpaired) electrons. The van der Waals surface area contributed by atoms with Gasteiger partial charge < -0.3 is 5.32 Å². The highest BCUT2D eigenvalue weighted by molar-refractivity contribution is 6.31. The summed E-state index contributed by atoms with van der Waals surface area (Å²) in [6, 6.07) is 15.7. The number of nitrogens with zero attached hydrogens (tertiary/aromatic N) is 1. The quantitative estimate of drug-likeness (QED) is 0.922. The van der Waals surface area contributed by atoms with Crippen LogP contribution in [0.3, 0.4) is 0 Å². The SMILES string of the molecule is O=C(NCCc1ccccc1Cl)N1CCc2ccccc21. The smallest absolute Gasteiger partial charge is 0.321 e. The van der Waals surface area contributed by atoms with E-state index in [1.807, 2.05) is 47.4 Å².